The van der Waals surface area contributed by atoms with E-state index in [4.69, 9.17) is 23.2 Å². The number of benzene rings is 4. The molecule has 12 rings (SSSR count). The molecule has 49 heavy (non-hydrogen) atoms. The van der Waals surface area contributed by atoms with Crippen LogP contribution in [0.1, 0.15) is 69.8 Å². The van der Waals surface area contributed by atoms with Crippen molar-refractivity contribution in [3.05, 3.63) is 117 Å². The second-order valence-corrected chi connectivity index (χ2v) is 17.4. The first-order valence-corrected chi connectivity index (χ1v) is 19.9. The SMILES string of the molecule is Clc1cccc(-c2ccccc2)c1Br.O=C1C2CC3CC(C2)CC1C3.OC1(c2c(Cl)cccc2-c2ccccc2)C2CC3CC(C2)CC1C3. The van der Waals surface area contributed by atoms with Crippen LogP contribution < -0.4 is 0 Å². The van der Waals surface area contributed by atoms with Crippen LogP contribution in [0.25, 0.3) is 22.3 Å². The number of carbonyl (C=O) groups is 1. The number of ketones is 1. The molecule has 2 nitrogen and oxygen atoms in total. The minimum Gasteiger partial charge on any atom is -0.385 e. The van der Waals surface area contributed by atoms with E-state index in [1.54, 1.807) is 0 Å². The van der Waals surface area contributed by atoms with Crippen LogP contribution in [0.3, 0.4) is 0 Å². The fraction of sp³-hybridized carbons (Fsp3) is 0.432. The van der Waals surface area contributed by atoms with E-state index in [9.17, 15) is 9.90 Å². The molecule has 0 amide bonds. The number of hydrogen-bond donors (Lipinski definition) is 1. The highest BCUT2D eigenvalue weighted by Gasteiger charge is 2.58. The quantitative estimate of drug-likeness (QED) is 0.226. The van der Waals surface area contributed by atoms with E-state index in [2.05, 4.69) is 58.4 Å². The van der Waals surface area contributed by atoms with Crippen molar-refractivity contribution in [2.45, 2.75) is 69.8 Å². The molecular formula is C44H45BrCl2O2. The molecule has 8 fully saturated rings. The molecular weight excluding hydrogens is 711 g/mol. The summed E-state index contributed by atoms with van der Waals surface area (Å²) in [7, 11) is 0. The number of halogens is 3. The molecule has 4 aromatic carbocycles. The Labute approximate surface area is 309 Å². The highest BCUT2D eigenvalue weighted by atomic mass is 79.9. The average Bonchev–Trinajstić information content (AvgIpc) is 3.11. The second-order valence-electron chi connectivity index (χ2n) is 15.8. The largest absolute Gasteiger partial charge is 0.385 e. The average molecular weight is 757 g/mol. The molecule has 254 valence electrons. The summed E-state index contributed by atoms with van der Waals surface area (Å²) in [5, 5.41) is 13.5. The highest BCUT2D eigenvalue weighted by molar-refractivity contribution is 9.10. The monoisotopic (exact) mass is 754 g/mol. The van der Waals surface area contributed by atoms with Crippen molar-refractivity contribution in [3.8, 4) is 22.3 Å². The molecule has 4 aromatic rings. The maximum absolute atomic E-state index is 12.0. The van der Waals surface area contributed by atoms with Crippen LogP contribution in [-0.2, 0) is 10.4 Å². The van der Waals surface area contributed by atoms with Crippen LogP contribution in [-0.4, -0.2) is 10.9 Å². The molecule has 8 saturated carbocycles. The van der Waals surface area contributed by atoms with Crippen LogP contribution in [0.2, 0.25) is 10.0 Å². The maximum atomic E-state index is 12.0. The predicted octanol–water partition coefficient (Wildman–Crippen LogP) is 12.4. The molecule has 0 unspecified atom stereocenters. The Morgan fingerprint density at radius 1 is 0.531 bits per heavy atom. The molecule has 8 bridgehead atoms. The zero-order valence-electron chi connectivity index (χ0n) is 27.9. The number of hydrogen-bond acceptors (Lipinski definition) is 2. The molecule has 0 aliphatic heterocycles. The van der Waals surface area contributed by atoms with Gasteiger partial charge in [0.05, 0.1) is 10.6 Å². The van der Waals surface area contributed by atoms with E-state index in [1.165, 1.54) is 69.8 Å². The van der Waals surface area contributed by atoms with E-state index >= 15 is 0 Å². The second kappa shape index (κ2) is 13.9. The van der Waals surface area contributed by atoms with Crippen molar-refractivity contribution in [1.82, 2.24) is 0 Å². The van der Waals surface area contributed by atoms with Crippen LogP contribution in [0.15, 0.2) is 102 Å². The number of carbonyl (C=O) groups excluding carboxylic acids is 1. The summed E-state index contributed by atoms with van der Waals surface area (Å²) in [4.78, 5) is 11.6. The van der Waals surface area contributed by atoms with Gasteiger partial charge in [-0.15, -0.1) is 0 Å². The molecule has 1 N–H and O–H groups in total. The summed E-state index contributed by atoms with van der Waals surface area (Å²) in [6.45, 7) is 0. The normalized spacial score (nSPS) is 33.0. The van der Waals surface area contributed by atoms with Gasteiger partial charge >= 0.3 is 0 Å². The van der Waals surface area contributed by atoms with Crippen LogP contribution in [0, 0.1) is 47.3 Å². The number of rotatable bonds is 3. The number of Topliss-reactive ketones (excluding diaryl/α,β-unsaturated/α-hetero) is 1. The lowest BCUT2D eigenvalue weighted by Gasteiger charge is -2.59. The van der Waals surface area contributed by atoms with Crippen LogP contribution >= 0.6 is 39.1 Å². The third-order valence-corrected chi connectivity index (χ3v) is 14.6. The third-order valence-electron chi connectivity index (χ3n) is 12.9. The predicted molar refractivity (Wildman–Crippen MR) is 204 cm³/mol. The third kappa shape index (κ3) is 6.48. The first-order valence-electron chi connectivity index (χ1n) is 18.4. The number of aliphatic hydroxyl groups is 1. The highest BCUT2D eigenvalue weighted by Crippen LogP contribution is 2.63. The lowest BCUT2D eigenvalue weighted by molar-refractivity contribution is -0.179. The zero-order chi connectivity index (χ0) is 33.7. The van der Waals surface area contributed by atoms with Gasteiger partial charge in [-0.05, 0) is 150 Å². The van der Waals surface area contributed by atoms with Gasteiger partial charge in [-0.1, -0.05) is 108 Å². The molecule has 8 aliphatic carbocycles. The minimum atomic E-state index is -0.753. The van der Waals surface area contributed by atoms with Crippen molar-refractivity contribution < 1.29 is 9.90 Å². The van der Waals surface area contributed by atoms with Gasteiger partial charge in [-0.25, -0.2) is 0 Å². The van der Waals surface area contributed by atoms with Gasteiger partial charge in [0.2, 0.25) is 0 Å². The van der Waals surface area contributed by atoms with E-state index in [0.29, 0.717) is 29.5 Å². The Morgan fingerprint density at radius 2 is 0.959 bits per heavy atom. The molecule has 0 aromatic heterocycles. The Kier molecular flexibility index (Phi) is 9.59. The van der Waals surface area contributed by atoms with E-state index in [0.717, 1.165) is 60.4 Å². The van der Waals surface area contributed by atoms with Gasteiger partial charge in [-0.2, -0.15) is 0 Å². The topological polar surface area (TPSA) is 37.3 Å². The van der Waals surface area contributed by atoms with Crippen molar-refractivity contribution in [2.75, 3.05) is 0 Å². The van der Waals surface area contributed by atoms with Gasteiger partial charge in [0.1, 0.15) is 5.78 Å². The fourth-order valence-electron chi connectivity index (χ4n) is 11.1. The maximum Gasteiger partial charge on any atom is 0.139 e. The Hall–Kier alpha value is -2.43. The van der Waals surface area contributed by atoms with Gasteiger partial charge in [0, 0.05) is 26.9 Å². The molecule has 0 atom stereocenters. The lowest BCUT2D eigenvalue weighted by atomic mass is 9.48. The van der Waals surface area contributed by atoms with Gasteiger partial charge in [-0.3, -0.25) is 4.79 Å². The van der Waals surface area contributed by atoms with Crippen molar-refractivity contribution in [2.24, 2.45) is 47.3 Å². The van der Waals surface area contributed by atoms with Crippen LogP contribution in [0.4, 0.5) is 0 Å². The Morgan fingerprint density at radius 3 is 1.47 bits per heavy atom. The molecule has 0 saturated heterocycles. The zero-order valence-corrected chi connectivity index (χ0v) is 31.0. The molecule has 8 aliphatic rings. The summed E-state index contributed by atoms with van der Waals surface area (Å²) in [5.41, 5.74) is 4.79. The van der Waals surface area contributed by atoms with Crippen molar-refractivity contribution in [3.63, 3.8) is 0 Å². The summed E-state index contributed by atoms with van der Waals surface area (Å²) < 4.78 is 0.952. The summed E-state index contributed by atoms with van der Waals surface area (Å²) in [6.07, 6.45) is 12.5. The van der Waals surface area contributed by atoms with Crippen LogP contribution in [0.5, 0.6) is 0 Å². The molecule has 0 radical (unpaired) electrons. The van der Waals surface area contributed by atoms with E-state index in [-0.39, 0.29) is 0 Å². The fourth-order valence-corrected chi connectivity index (χ4v) is 12.1. The summed E-state index contributed by atoms with van der Waals surface area (Å²) in [6, 6.07) is 32.5. The summed E-state index contributed by atoms with van der Waals surface area (Å²) >= 11 is 16.2. The molecule has 0 heterocycles. The molecule has 0 spiro atoms. The van der Waals surface area contributed by atoms with E-state index < -0.39 is 5.60 Å². The van der Waals surface area contributed by atoms with E-state index in [1.807, 2.05) is 54.6 Å². The smallest absolute Gasteiger partial charge is 0.139 e. The van der Waals surface area contributed by atoms with Gasteiger partial charge in [0.25, 0.3) is 0 Å². The van der Waals surface area contributed by atoms with Gasteiger partial charge < -0.3 is 5.11 Å². The Bertz CT molecular complexity index is 1750. The molecule has 5 heteroatoms. The summed E-state index contributed by atoms with van der Waals surface area (Å²) in [5.74, 6) is 5.92. The van der Waals surface area contributed by atoms with Crippen molar-refractivity contribution >= 4 is 44.9 Å². The van der Waals surface area contributed by atoms with Gasteiger partial charge in [0.15, 0.2) is 0 Å². The van der Waals surface area contributed by atoms with Crippen molar-refractivity contribution in [1.29, 1.82) is 0 Å². The lowest BCUT2D eigenvalue weighted by Crippen LogP contribution is -2.55. The standard InChI is InChI=1S/C22H23ClO.C12H8BrCl.C10H14O/c23-20-8-4-7-19(16-5-2-1-3-6-16)21(20)22(24)17-10-14-9-15(12-17)13-18(22)11-14;13-12-10(7-4-8-11(12)14)9-5-2-1-3-6-9;11-10-8-2-6-1-7(4-8)5-9(10)3-6/h1-8,14-15,17-18,24H,9-13H2;1-8H;6-9H,1-5H2. The first kappa shape index (κ1) is 33.7. The first-order chi connectivity index (χ1) is 23.8. The Balaban J connectivity index is 0.000000118. The minimum absolute atomic E-state index is 0.371.